The Kier molecular flexibility index (Phi) is 4.34. The number of amides is 1. The van der Waals surface area contributed by atoms with Crippen molar-refractivity contribution in [1.82, 2.24) is 0 Å². The van der Waals surface area contributed by atoms with E-state index in [1.165, 1.54) is 6.07 Å². The summed E-state index contributed by atoms with van der Waals surface area (Å²) in [5.41, 5.74) is 5.93. The number of carbonyl (C=O) groups excluding carboxylic acids is 1. The molecule has 0 spiro atoms. The van der Waals surface area contributed by atoms with Crippen molar-refractivity contribution in [1.29, 1.82) is 0 Å². The SMILES string of the molecule is Nc1ccc(F)c(F)c1NC(=O)Cc1ccc(Br)cc1. The fourth-order valence-electron chi connectivity index (χ4n) is 1.66. The Morgan fingerprint density at radius 3 is 2.45 bits per heavy atom. The van der Waals surface area contributed by atoms with Gasteiger partial charge in [0.15, 0.2) is 11.6 Å². The molecule has 0 aromatic heterocycles. The molecule has 0 aliphatic heterocycles. The van der Waals surface area contributed by atoms with E-state index in [1.807, 2.05) is 0 Å². The molecule has 6 heteroatoms. The Hall–Kier alpha value is -1.95. The topological polar surface area (TPSA) is 55.1 Å². The minimum Gasteiger partial charge on any atom is -0.397 e. The minimum atomic E-state index is -1.16. The van der Waals surface area contributed by atoms with Crippen LogP contribution in [0, 0.1) is 11.6 Å². The molecule has 0 radical (unpaired) electrons. The van der Waals surface area contributed by atoms with Gasteiger partial charge in [0.1, 0.15) is 5.69 Å². The summed E-state index contributed by atoms with van der Waals surface area (Å²) >= 11 is 3.28. The monoisotopic (exact) mass is 340 g/mol. The molecule has 0 aliphatic rings. The van der Waals surface area contributed by atoms with Crippen LogP contribution in [0.1, 0.15) is 5.56 Å². The van der Waals surface area contributed by atoms with Crippen LogP contribution in [0.5, 0.6) is 0 Å². The van der Waals surface area contributed by atoms with E-state index in [2.05, 4.69) is 21.2 Å². The van der Waals surface area contributed by atoms with E-state index < -0.39 is 17.5 Å². The molecular formula is C14H11BrF2N2O. The maximum absolute atomic E-state index is 13.5. The summed E-state index contributed by atoms with van der Waals surface area (Å²) in [7, 11) is 0. The van der Waals surface area contributed by atoms with Gasteiger partial charge in [0.2, 0.25) is 5.91 Å². The highest BCUT2D eigenvalue weighted by Gasteiger charge is 2.14. The van der Waals surface area contributed by atoms with Gasteiger partial charge >= 0.3 is 0 Å². The molecule has 2 aromatic rings. The Morgan fingerprint density at radius 2 is 1.80 bits per heavy atom. The van der Waals surface area contributed by atoms with E-state index in [4.69, 9.17) is 5.73 Å². The van der Waals surface area contributed by atoms with Crippen molar-refractivity contribution in [2.45, 2.75) is 6.42 Å². The number of benzene rings is 2. The molecule has 20 heavy (non-hydrogen) atoms. The zero-order chi connectivity index (χ0) is 14.7. The number of carbonyl (C=O) groups is 1. The van der Waals surface area contributed by atoms with E-state index in [0.29, 0.717) is 0 Å². The van der Waals surface area contributed by atoms with Crippen molar-refractivity contribution < 1.29 is 13.6 Å². The number of nitrogens with one attached hydrogen (secondary N) is 1. The second kappa shape index (κ2) is 6.00. The fraction of sp³-hybridized carbons (Fsp3) is 0.0714. The van der Waals surface area contributed by atoms with Crippen LogP contribution in [0.2, 0.25) is 0 Å². The quantitative estimate of drug-likeness (QED) is 0.840. The number of nitrogen functional groups attached to an aromatic ring is 1. The molecule has 0 saturated heterocycles. The first-order valence-corrected chi connectivity index (χ1v) is 6.54. The third-order valence-corrected chi connectivity index (χ3v) is 3.20. The molecule has 1 amide bonds. The highest BCUT2D eigenvalue weighted by molar-refractivity contribution is 9.10. The van der Waals surface area contributed by atoms with Crippen LogP contribution in [-0.2, 0) is 11.2 Å². The summed E-state index contributed by atoms with van der Waals surface area (Å²) in [6.45, 7) is 0. The Labute approximate surface area is 122 Å². The largest absolute Gasteiger partial charge is 0.397 e. The van der Waals surface area contributed by atoms with Crippen LogP contribution in [0.15, 0.2) is 40.9 Å². The van der Waals surface area contributed by atoms with Gasteiger partial charge in [-0.1, -0.05) is 28.1 Å². The van der Waals surface area contributed by atoms with Gasteiger partial charge in [-0.3, -0.25) is 4.79 Å². The van der Waals surface area contributed by atoms with Gasteiger partial charge in [0.05, 0.1) is 12.1 Å². The molecule has 0 saturated carbocycles. The van der Waals surface area contributed by atoms with E-state index in [-0.39, 0.29) is 17.8 Å². The Morgan fingerprint density at radius 1 is 1.15 bits per heavy atom. The van der Waals surface area contributed by atoms with Gasteiger partial charge in [-0.25, -0.2) is 8.78 Å². The molecule has 0 bridgehead atoms. The average molecular weight is 341 g/mol. The first-order valence-electron chi connectivity index (χ1n) is 5.75. The third-order valence-electron chi connectivity index (χ3n) is 2.67. The Bertz CT molecular complexity index is 644. The molecule has 3 N–H and O–H groups in total. The maximum atomic E-state index is 13.5. The lowest BCUT2D eigenvalue weighted by molar-refractivity contribution is -0.115. The smallest absolute Gasteiger partial charge is 0.228 e. The number of rotatable bonds is 3. The summed E-state index contributed by atoms with van der Waals surface area (Å²) in [6.07, 6.45) is 0.0443. The molecular weight excluding hydrogens is 330 g/mol. The predicted molar refractivity (Wildman–Crippen MR) is 77.2 cm³/mol. The van der Waals surface area contributed by atoms with Crippen molar-refractivity contribution in [2.24, 2.45) is 0 Å². The average Bonchev–Trinajstić information content (AvgIpc) is 2.42. The lowest BCUT2D eigenvalue weighted by Crippen LogP contribution is -2.17. The van der Waals surface area contributed by atoms with Gasteiger partial charge in [-0.05, 0) is 29.8 Å². The van der Waals surface area contributed by atoms with Gasteiger partial charge in [-0.15, -0.1) is 0 Å². The standard InChI is InChI=1S/C14H11BrF2N2O/c15-9-3-1-8(2-4-9)7-12(20)19-14-11(18)6-5-10(16)13(14)17/h1-6H,7,18H2,(H,19,20). The summed E-state index contributed by atoms with van der Waals surface area (Å²) in [5.74, 6) is -2.68. The van der Waals surface area contributed by atoms with Gasteiger partial charge in [0.25, 0.3) is 0 Å². The normalized spacial score (nSPS) is 10.3. The first kappa shape index (κ1) is 14.5. The first-order chi connectivity index (χ1) is 9.47. The van der Waals surface area contributed by atoms with Crippen molar-refractivity contribution in [2.75, 3.05) is 11.1 Å². The van der Waals surface area contributed by atoms with E-state index >= 15 is 0 Å². The van der Waals surface area contributed by atoms with Crippen LogP contribution >= 0.6 is 15.9 Å². The highest BCUT2D eigenvalue weighted by atomic mass is 79.9. The number of hydrogen-bond donors (Lipinski definition) is 2. The van der Waals surface area contributed by atoms with Gasteiger partial charge in [-0.2, -0.15) is 0 Å². The zero-order valence-electron chi connectivity index (χ0n) is 10.3. The minimum absolute atomic E-state index is 0.0203. The van der Waals surface area contributed by atoms with Crippen LogP contribution in [-0.4, -0.2) is 5.91 Å². The van der Waals surface area contributed by atoms with E-state index in [1.54, 1.807) is 24.3 Å². The molecule has 0 fully saturated rings. The maximum Gasteiger partial charge on any atom is 0.228 e. The molecule has 0 aliphatic carbocycles. The van der Waals surface area contributed by atoms with Crippen molar-refractivity contribution in [3.8, 4) is 0 Å². The van der Waals surface area contributed by atoms with Crippen LogP contribution in [0.4, 0.5) is 20.2 Å². The molecule has 0 atom stereocenters. The number of anilines is 2. The zero-order valence-corrected chi connectivity index (χ0v) is 11.9. The van der Waals surface area contributed by atoms with Crippen molar-refractivity contribution in [3.63, 3.8) is 0 Å². The second-order valence-corrected chi connectivity index (χ2v) is 5.09. The van der Waals surface area contributed by atoms with Gasteiger partial charge < -0.3 is 11.1 Å². The lowest BCUT2D eigenvalue weighted by atomic mass is 10.1. The molecule has 2 aromatic carbocycles. The second-order valence-electron chi connectivity index (χ2n) is 4.18. The third kappa shape index (κ3) is 3.33. The number of hydrogen-bond acceptors (Lipinski definition) is 2. The molecule has 3 nitrogen and oxygen atoms in total. The number of nitrogens with two attached hydrogens (primary N) is 1. The van der Waals surface area contributed by atoms with Crippen LogP contribution in [0.25, 0.3) is 0 Å². The molecule has 0 unspecified atom stereocenters. The summed E-state index contributed by atoms with van der Waals surface area (Å²) in [5, 5.41) is 2.29. The summed E-state index contributed by atoms with van der Waals surface area (Å²) < 4.78 is 27.5. The fourth-order valence-corrected chi connectivity index (χ4v) is 1.93. The van der Waals surface area contributed by atoms with Crippen LogP contribution in [0.3, 0.4) is 0 Å². The summed E-state index contributed by atoms with van der Waals surface area (Å²) in [6, 6.07) is 9.21. The van der Waals surface area contributed by atoms with Crippen molar-refractivity contribution in [3.05, 3.63) is 58.1 Å². The highest BCUT2D eigenvalue weighted by Crippen LogP contribution is 2.24. The predicted octanol–water partition coefficient (Wildman–Crippen LogP) is 3.49. The Balaban J connectivity index is 2.12. The van der Waals surface area contributed by atoms with E-state index in [0.717, 1.165) is 16.1 Å². The molecule has 0 heterocycles. The number of halogens is 3. The van der Waals surface area contributed by atoms with E-state index in [9.17, 15) is 13.6 Å². The van der Waals surface area contributed by atoms with Crippen molar-refractivity contribution >= 4 is 33.2 Å². The molecule has 2 rings (SSSR count). The molecule has 104 valence electrons. The lowest BCUT2D eigenvalue weighted by Gasteiger charge is -2.10. The summed E-state index contributed by atoms with van der Waals surface area (Å²) in [4.78, 5) is 11.8. The van der Waals surface area contributed by atoms with Crippen LogP contribution < -0.4 is 11.1 Å². The van der Waals surface area contributed by atoms with Gasteiger partial charge in [0, 0.05) is 4.47 Å².